The molecule has 2 aliphatic rings. The molecule has 0 spiro atoms. The Morgan fingerprint density at radius 2 is 1.53 bits per heavy atom. The fourth-order valence-corrected chi connectivity index (χ4v) is 5.06. The van der Waals surface area contributed by atoms with Gasteiger partial charge in [0.1, 0.15) is 11.6 Å². The molecule has 1 unspecified atom stereocenters. The fourth-order valence-electron chi connectivity index (χ4n) is 5.06. The second kappa shape index (κ2) is 11.9. The molecule has 0 aromatic heterocycles. The summed E-state index contributed by atoms with van der Waals surface area (Å²) in [4.78, 5) is 43.0. The van der Waals surface area contributed by atoms with Gasteiger partial charge in [0.15, 0.2) is 6.17 Å². The van der Waals surface area contributed by atoms with Gasteiger partial charge in [-0.3, -0.25) is 14.5 Å². The van der Waals surface area contributed by atoms with Gasteiger partial charge < -0.3 is 21.3 Å². The first-order valence-electron chi connectivity index (χ1n) is 13.1. The van der Waals surface area contributed by atoms with Crippen molar-refractivity contribution in [2.24, 2.45) is 5.73 Å². The van der Waals surface area contributed by atoms with Gasteiger partial charge in [-0.25, -0.2) is 13.6 Å². The monoisotopic (exact) mass is 527 g/mol. The Balaban J connectivity index is 1.59. The molecule has 1 aliphatic carbocycles. The lowest BCUT2D eigenvalue weighted by Crippen LogP contribution is -2.65. The maximum absolute atomic E-state index is 13.9. The first-order chi connectivity index (χ1) is 18.1. The highest BCUT2D eigenvalue weighted by Gasteiger charge is 2.41. The van der Waals surface area contributed by atoms with Crippen LogP contribution in [0.25, 0.3) is 0 Å². The Kier molecular flexibility index (Phi) is 8.61. The summed E-state index contributed by atoms with van der Waals surface area (Å²) < 4.78 is 27.8. The molecule has 1 atom stereocenters. The minimum atomic E-state index is -1.28. The lowest BCUT2D eigenvalue weighted by Gasteiger charge is -2.43. The third-order valence-electron chi connectivity index (χ3n) is 7.20. The number of carbonyl (C=O) groups is 3. The molecule has 10 heteroatoms. The van der Waals surface area contributed by atoms with Crippen LogP contribution in [0.1, 0.15) is 67.8 Å². The van der Waals surface area contributed by atoms with E-state index in [-0.39, 0.29) is 30.7 Å². The summed E-state index contributed by atoms with van der Waals surface area (Å²) in [6.45, 7) is 4.52. The molecule has 38 heavy (non-hydrogen) atoms. The minimum Gasteiger partial charge on any atom is -0.350 e. The number of nitrogens with zero attached hydrogens (tertiary/aromatic N) is 2. The highest BCUT2D eigenvalue weighted by molar-refractivity contribution is 6.00. The summed E-state index contributed by atoms with van der Waals surface area (Å²) in [5.74, 6) is -2.71. The van der Waals surface area contributed by atoms with E-state index in [0.717, 1.165) is 30.5 Å². The molecule has 1 saturated heterocycles. The number of amides is 4. The summed E-state index contributed by atoms with van der Waals surface area (Å²) in [5.41, 5.74) is 7.43. The van der Waals surface area contributed by atoms with E-state index in [4.69, 9.17) is 5.73 Å². The smallest absolute Gasteiger partial charge is 0.323 e. The molecule has 0 radical (unpaired) electrons. The number of anilines is 1. The maximum Gasteiger partial charge on any atom is 0.323 e. The van der Waals surface area contributed by atoms with E-state index >= 15 is 0 Å². The Hall–Kier alpha value is -3.53. The molecule has 2 fully saturated rings. The fraction of sp³-hybridized carbons (Fsp3) is 0.464. The maximum atomic E-state index is 13.9. The molecule has 4 rings (SSSR count). The van der Waals surface area contributed by atoms with Crippen LogP contribution in [-0.4, -0.2) is 59.0 Å². The number of rotatable bonds is 5. The van der Waals surface area contributed by atoms with E-state index < -0.39 is 35.6 Å². The highest BCUT2D eigenvalue weighted by Crippen LogP contribution is 2.24. The molecule has 2 aromatic carbocycles. The van der Waals surface area contributed by atoms with E-state index in [1.54, 1.807) is 12.1 Å². The number of urea groups is 1. The normalized spacial score (nSPS) is 21.8. The quantitative estimate of drug-likeness (QED) is 0.542. The molecule has 4 amide bonds. The average Bonchev–Trinajstić information content (AvgIpc) is 2.88. The molecule has 1 aliphatic heterocycles. The highest BCUT2D eigenvalue weighted by atomic mass is 19.1. The Morgan fingerprint density at radius 3 is 2.13 bits per heavy atom. The Morgan fingerprint density at radius 1 is 0.921 bits per heavy atom. The van der Waals surface area contributed by atoms with Crippen LogP contribution in [0.4, 0.5) is 19.3 Å². The zero-order valence-corrected chi connectivity index (χ0v) is 21.8. The predicted molar refractivity (Wildman–Crippen MR) is 140 cm³/mol. The van der Waals surface area contributed by atoms with Crippen LogP contribution in [-0.2, 0) is 4.79 Å². The number of hydrogen-bond acceptors (Lipinski definition) is 4. The number of carbonyl (C=O) groups excluding carboxylic acids is 3. The summed E-state index contributed by atoms with van der Waals surface area (Å²) in [6, 6.07) is 9.35. The van der Waals surface area contributed by atoms with Crippen molar-refractivity contribution in [2.75, 3.05) is 18.4 Å². The zero-order valence-electron chi connectivity index (χ0n) is 21.8. The van der Waals surface area contributed by atoms with E-state index in [2.05, 4.69) is 24.5 Å². The lowest BCUT2D eigenvalue weighted by molar-refractivity contribution is -0.133. The topological polar surface area (TPSA) is 108 Å². The van der Waals surface area contributed by atoms with Crippen LogP contribution in [0, 0.1) is 11.6 Å². The van der Waals surface area contributed by atoms with Gasteiger partial charge in [-0.1, -0.05) is 26.0 Å². The van der Waals surface area contributed by atoms with Crippen molar-refractivity contribution in [1.82, 2.24) is 15.1 Å². The molecular weight excluding hydrogens is 492 g/mol. The summed E-state index contributed by atoms with van der Waals surface area (Å²) in [5, 5.41) is 5.80. The molecule has 1 saturated carbocycles. The largest absolute Gasteiger partial charge is 0.350 e. The van der Waals surface area contributed by atoms with Gasteiger partial charge in [-0.05, 0) is 67.9 Å². The Labute approximate surface area is 221 Å². The third kappa shape index (κ3) is 6.48. The summed E-state index contributed by atoms with van der Waals surface area (Å²) in [7, 11) is 0. The molecule has 4 N–H and O–H groups in total. The SMILES string of the molecule is CC(C)c1ccc(NC(=O)N2CCCN(C(=O)c3cc(F)cc(F)c3)C2C(=O)NC2CCC(N)CC2)cc1. The molecule has 2 aromatic rings. The molecule has 8 nitrogen and oxygen atoms in total. The van der Waals surface area contributed by atoms with Gasteiger partial charge in [-0.15, -0.1) is 0 Å². The van der Waals surface area contributed by atoms with Gasteiger partial charge >= 0.3 is 6.03 Å². The number of nitrogens with two attached hydrogens (primary N) is 1. The summed E-state index contributed by atoms with van der Waals surface area (Å²) >= 11 is 0. The Bertz CT molecular complexity index is 1150. The van der Waals surface area contributed by atoms with Crippen LogP contribution in [0.5, 0.6) is 0 Å². The number of hydrogen-bond donors (Lipinski definition) is 3. The van der Waals surface area contributed by atoms with Crippen LogP contribution in [0.2, 0.25) is 0 Å². The van der Waals surface area contributed by atoms with Gasteiger partial charge in [0.25, 0.3) is 11.8 Å². The van der Waals surface area contributed by atoms with E-state index in [9.17, 15) is 23.2 Å². The standard InChI is InChI=1S/C28H35F2N5O3/c1-17(2)18-4-8-24(9-5-18)33-28(38)35-13-3-12-34(27(37)19-14-20(29)16-21(30)15-19)26(35)25(36)32-23-10-6-22(31)7-11-23/h4-5,8-9,14-17,22-23,26H,3,6-7,10-13,31H2,1-2H3,(H,32,36)(H,33,38). The van der Waals surface area contributed by atoms with Gasteiger partial charge in [-0.2, -0.15) is 0 Å². The van der Waals surface area contributed by atoms with Crippen molar-refractivity contribution in [3.63, 3.8) is 0 Å². The van der Waals surface area contributed by atoms with Gasteiger partial charge in [0.05, 0.1) is 0 Å². The molecular formula is C28H35F2N5O3. The van der Waals surface area contributed by atoms with Crippen molar-refractivity contribution >= 4 is 23.5 Å². The zero-order chi connectivity index (χ0) is 27.4. The number of benzene rings is 2. The molecule has 0 bridgehead atoms. The first-order valence-corrected chi connectivity index (χ1v) is 13.1. The summed E-state index contributed by atoms with van der Waals surface area (Å²) in [6.07, 6.45) is 2.02. The van der Waals surface area contributed by atoms with E-state index in [1.165, 1.54) is 9.80 Å². The first kappa shape index (κ1) is 27.5. The lowest BCUT2D eigenvalue weighted by atomic mass is 9.91. The minimum absolute atomic E-state index is 0.0862. The second-order valence-corrected chi connectivity index (χ2v) is 10.4. The number of nitrogens with one attached hydrogen (secondary N) is 2. The van der Waals surface area contributed by atoms with Gasteiger partial charge in [0, 0.05) is 42.5 Å². The number of halogens is 2. The van der Waals surface area contributed by atoms with Crippen molar-refractivity contribution in [2.45, 2.75) is 70.1 Å². The van der Waals surface area contributed by atoms with E-state index in [0.29, 0.717) is 36.9 Å². The van der Waals surface area contributed by atoms with Crippen LogP contribution >= 0.6 is 0 Å². The van der Waals surface area contributed by atoms with Crippen molar-refractivity contribution in [3.05, 3.63) is 65.2 Å². The predicted octanol–water partition coefficient (Wildman–Crippen LogP) is 4.18. The van der Waals surface area contributed by atoms with Crippen molar-refractivity contribution < 1.29 is 23.2 Å². The second-order valence-electron chi connectivity index (χ2n) is 10.4. The van der Waals surface area contributed by atoms with Crippen molar-refractivity contribution in [1.29, 1.82) is 0 Å². The van der Waals surface area contributed by atoms with Gasteiger partial charge in [0.2, 0.25) is 0 Å². The molecule has 204 valence electrons. The van der Waals surface area contributed by atoms with Crippen LogP contribution in [0.15, 0.2) is 42.5 Å². The van der Waals surface area contributed by atoms with Crippen LogP contribution in [0.3, 0.4) is 0 Å². The van der Waals surface area contributed by atoms with E-state index in [1.807, 2.05) is 12.1 Å². The van der Waals surface area contributed by atoms with Crippen molar-refractivity contribution in [3.8, 4) is 0 Å². The van der Waals surface area contributed by atoms with Crippen LogP contribution < -0.4 is 16.4 Å². The third-order valence-corrected chi connectivity index (χ3v) is 7.20. The average molecular weight is 528 g/mol. The molecule has 1 heterocycles.